The maximum Gasteiger partial charge on any atom is 0.321 e. The summed E-state index contributed by atoms with van der Waals surface area (Å²) in [6.45, 7) is 3.95. The molecule has 1 heterocycles. The Morgan fingerprint density at radius 1 is 1.15 bits per heavy atom. The molecule has 2 nitrogen and oxygen atoms in total. The van der Waals surface area contributed by atoms with Crippen LogP contribution in [-0.4, -0.2) is 5.97 Å². The smallest absolute Gasteiger partial charge is 0.321 e. The molecule has 1 aliphatic carbocycles. The summed E-state index contributed by atoms with van der Waals surface area (Å²) in [5.74, 6) is 0.842. The lowest BCUT2D eigenvalue weighted by Crippen LogP contribution is -2.31. The lowest BCUT2D eigenvalue weighted by Gasteiger charge is -2.30. The molecule has 0 unspecified atom stereocenters. The summed E-state index contributed by atoms with van der Waals surface area (Å²) < 4.78 is 5.21. The fourth-order valence-corrected chi connectivity index (χ4v) is 2.54. The summed E-state index contributed by atoms with van der Waals surface area (Å²) in [6.07, 6.45) is 5.59. The number of esters is 1. The Morgan fingerprint density at radius 3 is 2.23 bits per heavy atom. The van der Waals surface area contributed by atoms with Gasteiger partial charge in [-0.2, -0.15) is 0 Å². The van der Waals surface area contributed by atoms with E-state index in [1.54, 1.807) is 0 Å². The maximum absolute atomic E-state index is 11.7. The fraction of sp³-hybridized carbons (Fsp3) is 0.727. The topological polar surface area (TPSA) is 26.3 Å². The molecular weight excluding hydrogens is 164 g/mol. The van der Waals surface area contributed by atoms with Gasteiger partial charge in [-0.1, -0.05) is 19.3 Å². The van der Waals surface area contributed by atoms with E-state index in [0.29, 0.717) is 0 Å². The summed E-state index contributed by atoms with van der Waals surface area (Å²) in [5, 5.41) is 0. The molecule has 0 aromatic carbocycles. The zero-order valence-corrected chi connectivity index (χ0v) is 8.35. The second kappa shape index (κ2) is 2.86. The maximum atomic E-state index is 11.7. The van der Waals surface area contributed by atoms with Crippen molar-refractivity contribution >= 4 is 5.97 Å². The molecule has 2 heteroatoms. The number of allylic oxidation sites excluding steroid dienone is 1. The van der Waals surface area contributed by atoms with Crippen LogP contribution in [0.1, 0.15) is 46.0 Å². The van der Waals surface area contributed by atoms with Crippen LogP contribution in [0.2, 0.25) is 0 Å². The summed E-state index contributed by atoms with van der Waals surface area (Å²) in [7, 11) is 0. The van der Waals surface area contributed by atoms with E-state index < -0.39 is 0 Å². The molecule has 0 atom stereocenters. The van der Waals surface area contributed by atoms with E-state index in [0.717, 1.165) is 18.6 Å². The quantitative estimate of drug-likeness (QED) is 0.536. The molecule has 0 aromatic heterocycles. The molecule has 1 spiro atoms. The summed E-state index contributed by atoms with van der Waals surface area (Å²) in [6, 6.07) is 0. The highest BCUT2D eigenvalue weighted by Crippen LogP contribution is 2.48. The Hall–Kier alpha value is -0.790. The van der Waals surface area contributed by atoms with Gasteiger partial charge in [0.2, 0.25) is 0 Å². The van der Waals surface area contributed by atoms with Crippen molar-refractivity contribution in [2.45, 2.75) is 46.0 Å². The first-order chi connectivity index (χ1) is 6.17. The van der Waals surface area contributed by atoms with Crippen LogP contribution in [0.5, 0.6) is 0 Å². The largest absolute Gasteiger partial charge is 0.431 e. The van der Waals surface area contributed by atoms with Gasteiger partial charge in [0.25, 0.3) is 0 Å². The molecule has 72 valence electrons. The first kappa shape index (κ1) is 8.79. The molecule has 1 saturated carbocycles. The van der Waals surface area contributed by atoms with Gasteiger partial charge < -0.3 is 4.74 Å². The van der Waals surface area contributed by atoms with Gasteiger partial charge in [-0.15, -0.1) is 0 Å². The molecule has 0 amide bonds. The van der Waals surface area contributed by atoms with Crippen LogP contribution in [0.4, 0.5) is 0 Å². The van der Waals surface area contributed by atoms with E-state index in [1.807, 2.05) is 13.8 Å². The third kappa shape index (κ3) is 1.11. The minimum atomic E-state index is -0.220. The predicted octanol–water partition coefficient (Wildman–Crippen LogP) is 2.79. The van der Waals surface area contributed by atoms with E-state index in [1.165, 1.54) is 24.8 Å². The first-order valence-electron chi connectivity index (χ1n) is 5.07. The van der Waals surface area contributed by atoms with E-state index in [4.69, 9.17) is 4.74 Å². The first-order valence-corrected chi connectivity index (χ1v) is 5.07. The fourth-order valence-electron chi connectivity index (χ4n) is 2.54. The van der Waals surface area contributed by atoms with Crippen LogP contribution in [0, 0.1) is 5.41 Å². The molecule has 1 aliphatic heterocycles. The molecule has 0 bridgehead atoms. The van der Waals surface area contributed by atoms with E-state index in [-0.39, 0.29) is 11.4 Å². The number of hydrogen-bond donors (Lipinski definition) is 0. The van der Waals surface area contributed by atoms with Gasteiger partial charge in [0.15, 0.2) is 0 Å². The second-order valence-electron chi connectivity index (χ2n) is 4.21. The van der Waals surface area contributed by atoms with Gasteiger partial charge in [-0.3, -0.25) is 4.79 Å². The average Bonchev–Trinajstić information content (AvgIpc) is 2.34. The number of cyclic esters (lactones) is 1. The highest BCUT2D eigenvalue weighted by molar-refractivity contribution is 5.84. The van der Waals surface area contributed by atoms with Crippen molar-refractivity contribution in [1.29, 1.82) is 0 Å². The Kier molecular flexibility index (Phi) is 1.94. The normalized spacial score (nSPS) is 26.8. The second-order valence-corrected chi connectivity index (χ2v) is 4.21. The van der Waals surface area contributed by atoms with Gasteiger partial charge in [0, 0.05) is 0 Å². The highest BCUT2D eigenvalue weighted by atomic mass is 16.5. The highest BCUT2D eigenvalue weighted by Gasteiger charge is 2.47. The van der Waals surface area contributed by atoms with Crippen molar-refractivity contribution in [3.05, 3.63) is 11.3 Å². The molecule has 13 heavy (non-hydrogen) atoms. The standard InChI is InChI=1S/C11H16O2/c1-8-9(2)13-10(12)11(8)6-4-3-5-7-11/h3-7H2,1-2H3. The van der Waals surface area contributed by atoms with Crippen LogP contribution < -0.4 is 0 Å². The molecule has 2 aliphatic rings. The lowest BCUT2D eigenvalue weighted by atomic mass is 9.70. The molecule has 0 N–H and O–H groups in total. The summed E-state index contributed by atoms with van der Waals surface area (Å²) >= 11 is 0. The predicted molar refractivity (Wildman–Crippen MR) is 50.0 cm³/mol. The number of ether oxygens (including phenoxy) is 1. The van der Waals surface area contributed by atoms with E-state index in [9.17, 15) is 4.79 Å². The summed E-state index contributed by atoms with van der Waals surface area (Å²) in [5.41, 5.74) is 0.958. The number of carbonyl (C=O) groups excluding carboxylic acids is 1. The Balaban J connectivity index is 2.34. The van der Waals surface area contributed by atoms with Gasteiger partial charge >= 0.3 is 5.97 Å². The monoisotopic (exact) mass is 180 g/mol. The number of carbonyl (C=O) groups is 1. The van der Waals surface area contributed by atoms with Crippen LogP contribution in [0.25, 0.3) is 0 Å². The van der Waals surface area contributed by atoms with Crippen LogP contribution >= 0.6 is 0 Å². The average molecular weight is 180 g/mol. The van der Waals surface area contributed by atoms with Gasteiger partial charge in [0.1, 0.15) is 5.76 Å². The minimum absolute atomic E-state index is 0.00204. The SMILES string of the molecule is CC1=C(C)C2(CCCCC2)C(=O)O1. The molecule has 2 rings (SSSR count). The van der Waals surface area contributed by atoms with Crippen molar-refractivity contribution in [3.63, 3.8) is 0 Å². The van der Waals surface area contributed by atoms with Crippen molar-refractivity contribution in [2.75, 3.05) is 0 Å². The van der Waals surface area contributed by atoms with E-state index >= 15 is 0 Å². The van der Waals surface area contributed by atoms with Gasteiger partial charge in [-0.25, -0.2) is 0 Å². The Morgan fingerprint density at radius 2 is 1.77 bits per heavy atom. The van der Waals surface area contributed by atoms with Gasteiger partial charge in [0.05, 0.1) is 5.41 Å². The van der Waals surface area contributed by atoms with Gasteiger partial charge in [-0.05, 0) is 32.3 Å². The van der Waals surface area contributed by atoms with Crippen molar-refractivity contribution in [2.24, 2.45) is 5.41 Å². The van der Waals surface area contributed by atoms with Crippen molar-refractivity contribution in [3.8, 4) is 0 Å². The molecular formula is C11H16O2. The lowest BCUT2D eigenvalue weighted by molar-refractivity contribution is -0.146. The minimum Gasteiger partial charge on any atom is -0.431 e. The third-order valence-electron chi connectivity index (χ3n) is 3.59. The van der Waals surface area contributed by atoms with E-state index in [2.05, 4.69) is 0 Å². The number of rotatable bonds is 0. The Bertz CT molecular complexity index is 270. The Labute approximate surface area is 79.0 Å². The van der Waals surface area contributed by atoms with Crippen molar-refractivity contribution in [1.82, 2.24) is 0 Å². The molecule has 0 saturated heterocycles. The van der Waals surface area contributed by atoms with Crippen LogP contribution in [-0.2, 0) is 9.53 Å². The zero-order chi connectivity index (χ0) is 9.47. The molecule has 0 radical (unpaired) electrons. The zero-order valence-electron chi connectivity index (χ0n) is 8.35. The molecule has 0 aromatic rings. The van der Waals surface area contributed by atoms with Crippen LogP contribution in [0.3, 0.4) is 0 Å². The molecule has 1 fully saturated rings. The summed E-state index contributed by atoms with van der Waals surface area (Å²) in [4.78, 5) is 11.7. The van der Waals surface area contributed by atoms with Crippen LogP contribution in [0.15, 0.2) is 11.3 Å². The van der Waals surface area contributed by atoms with Crippen molar-refractivity contribution < 1.29 is 9.53 Å². The number of hydrogen-bond acceptors (Lipinski definition) is 2. The third-order valence-corrected chi connectivity index (χ3v) is 3.59.